The average molecular weight is 420 g/mol. The minimum absolute atomic E-state index is 0.0602. The van der Waals surface area contributed by atoms with Crippen LogP contribution in [0.3, 0.4) is 0 Å². The summed E-state index contributed by atoms with van der Waals surface area (Å²) in [6.45, 7) is 2.23. The van der Waals surface area contributed by atoms with Gasteiger partial charge in [0.05, 0.1) is 0 Å². The Labute approximate surface area is 167 Å². The maximum absolute atomic E-state index is 13.2. The zero-order chi connectivity index (χ0) is 20.6. The van der Waals surface area contributed by atoms with Crippen molar-refractivity contribution >= 4 is 23.2 Å². The van der Waals surface area contributed by atoms with Crippen molar-refractivity contribution in [2.24, 2.45) is 0 Å². The molecular formula is C19H27F3N2O3S. The van der Waals surface area contributed by atoms with Crippen molar-refractivity contribution < 1.29 is 27.5 Å². The van der Waals surface area contributed by atoms with Gasteiger partial charge in [0.15, 0.2) is 0 Å². The number of halogens is 3. The molecule has 28 heavy (non-hydrogen) atoms. The Hall–Kier alpha value is -1.61. The maximum Gasteiger partial charge on any atom is 0.471 e. The van der Waals surface area contributed by atoms with Gasteiger partial charge in [-0.2, -0.15) is 13.2 Å². The number of carbonyl (C=O) groups excluding carboxylic acids is 2. The normalized spacial score (nSPS) is 16.6. The lowest BCUT2D eigenvalue weighted by Crippen LogP contribution is -2.50. The number of nitrogens with one attached hydrogen (secondary N) is 1. The summed E-state index contributed by atoms with van der Waals surface area (Å²) in [6, 6.07) is 1.90. The van der Waals surface area contributed by atoms with Crippen LogP contribution in [0, 0.1) is 0 Å². The van der Waals surface area contributed by atoms with E-state index in [1.807, 2.05) is 0 Å². The molecule has 1 aromatic heterocycles. The van der Waals surface area contributed by atoms with E-state index in [0.29, 0.717) is 16.4 Å². The van der Waals surface area contributed by atoms with Crippen LogP contribution in [0.25, 0.3) is 0 Å². The lowest BCUT2D eigenvalue weighted by atomic mass is 9.95. The van der Waals surface area contributed by atoms with Gasteiger partial charge in [-0.3, -0.25) is 9.59 Å². The van der Waals surface area contributed by atoms with Crippen LogP contribution in [-0.2, 0) is 14.3 Å². The van der Waals surface area contributed by atoms with Gasteiger partial charge in [0.2, 0.25) is 5.91 Å². The molecule has 1 aliphatic rings. The van der Waals surface area contributed by atoms with Gasteiger partial charge in [-0.1, -0.05) is 25.3 Å². The van der Waals surface area contributed by atoms with E-state index >= 15 is 0 Å². The van der Waals surface area contributed by atoms with Gasteiger partial charge in [0.25, 0.3) is 0 Å². The smallest absolute Gasteiger partial charge is 0.382 e. The Balaban J connectivity index is 2.23. The Morgan fingerprint density at radius 1 is 1.32 bits per heavy atom. The molecule has 1 aromatic rings. The van der Waals surface area contributed by atoms with E-state index in [4.69, 9.17) is 4.74 Å². The van der Waals surface area contributed by atoms with Gasteiger partial charge in [-0.25, -0.2) is 0 Å². The summed E-state index contributed by atoms with van der Waals surface area (Å²) in [5, 5.41) is 4.56. The summed E-state index contributed by atoms with van der Waals surface area (Å²) in [4.78, 5) is 26.2. The zero-order valence-electron chi connectivity index (χ0n) is 16.0. The number of carbonyl (C=O) groups is 2. The van der Waals surface area contributed by atoms with Crippen LogP contribution in [0.5, 0.6) is 0 Å². The molecule has 0 spiro atoms. The number of thiophene rings is 1. The van der Waals surface area contributed by atoms with Crippen LogP contribution in [-0.4, -0.2) is 48.7 Å². The Kier molecular flexibility index (Phi) is 8.75. The molecule has 1 heterocycles. The fourth-order valence-electron chi connectivity index (χ4n) is 3.39. The van der Waals surface area contributed by atoms with Crippen LogP contribution in [0.1, 0.15) is 56.4 Å². The van der Waals surface area contributed by atoms with Crippen molar-refractivity contribution in [3.05, 3.63) is 22.4 Å². The summed E-state index contributed by atoms with van der Waals surface area (Å²) in [5.74, 6) is -2.55. The molecule has 1 fully saturated rings. The predicted octanol–water partition coefficient (Wildman–Crippen LogP) is 4.06. The Bertz CT molecular complexity index is 616. The van der Waals surface area contributed by atoms with Gasteiger partial charge >= 0.3 is 12.1 Å². The molecule has 0 radical (unpaired) electrons. The molecule has 1 N–H and O–H groups in total. The third-order valence-corrected chi connectivity index (χ3v) is 5.64. The van der Waals surface area contributed by atoms with Crippen molar-refractivity contribution in [1.29, 1.82) is 0 Å². The second-order valence-electron chi connectivity index (χ2n) is 6.81. The molecule has 0 bridgehead atoms. The van der Waals surface area contributed by atoms with Gasteiger partial charge in [0.1, 0.15) is 6.04 Å². The number of amides is 2. The largest absolute Gasteiger partial charge is 0.471 e. The summed E-state index contributed by atoms with van der Waals surface area (Å²) >= 11 is 1.17. The molecule has 158 valence electrons. The average Bonchev–Trinajstić information content (AvgIpc) is 3.17. The number of hydrogen-bond donors (Lipinski definition) is 1. The lowest BCUT2D eigenvalue weighted by Gasteiger charge is -2.33. The summed E-state index contributed by atoms with van der Waals surface area (Å²) in [6.07, 6.45) is -0.166. The highest BCUT2D eigenvalue weighted by Crippen LogP contribution is 2.31. The quantitative estimate of drug-likeness (QED) is 0.613. The number of nitrogens with zero attached hydrogens (tertiary/aromatic N) is 1. The van der Waals surface area contributed by atoms with Crippen LogP contribution in [0.2, 0.25) is 0 Å². The molecule has 1 aliphatic carbocycles. The Morgan fingerprint density at radius 2 is 2.04 bits per heavy atom. The number of rotatable bonds is 9. The third kappa shape index (κ3) is 6.48. The highest BCUT2D eigenvalue weighted by Gasteiger charge is 2.46. The van der Waals surface area contributed by atoms with E-state index in [0.717, 1.165) is 32.1 Å². The SMILES string of the molecule is CCOCCCN(C(=O)C(F)(F)F)[C@H](C(=O)NC1CCCCC1)c1cccs1. The fraction of sp³-hybridized carbons (Fsp3) is 0.684. The zero-order valence-corrected chi connectivity index (χ0v) is 16.8. The van der Waals surface area contributed by atoms with Gasteiger partial charge in [-0.05, 0) is 37.6 Å². The molecular weight excluding hydrogens is 393 g/mol. The summed E-state index contributed by atoms with van der Waals surface area (Å²) in [5.41, 5.74) is 0. The van der Waals surface area contributed by atoms with Crippen LogP contribution < -0.4 is 5.32 Å². The third-order valence-electron chi connectivity index (χ3n) is 4.72. The predicted molar refractivity (Wildman–Crippen MR) is 101 cm³/mol. The highest BCUT2D eigenvalue weighted by atomic mass is 32.1. The van der Waals surface area contributed by atoms with Crippen LogP contribution >= 0.6 is 11.3 Å². The minimum atomic E-state index is -5.05. The van der Waals surface area contributed by atoms with Crippen molar-refractivity contribution in [1.82, 2.24) is 10.2 Å². The van der Waals surface area contributed by atoms with Gasteiger partial charge < -0.3 is 15.0 Å². The summed E-state index contributed by atoms with van der Waals surface area (Å²) < 4.78 is 44.9. The van der Waals surface area contributed by atoms with Crippen LogP contribution in [0.15, 0.2) is 17.5 Å². The van der Waals surface area contributed by atoms with Crippen LogP contribution in [0.4, 0.5) is 13.2 Å². The van der Waals surface area contributed by atoms with E-state index in [-0.39, 0.29) is 25.6 Å². The van der Waals surface area contributed by atoms with Gasteiger partial charge in [0, 0.05) is 30.7 Å². The van der Waals surface area contributed by atoms with E-state index in [2.05, 4.69) is 5.32 Å². The highest BCUT2D eigenvalue weighted by molar-refractivity contribution is 7.10. The monoisotopic (exact) mass is 420 g/mol. The first-order valence-electron chi connectivity index (χ1n) is 9.64. The van der Waals surface area contributed by atoms with Crippen molar-refractivity contribution in [2.75, 3.05) is 19.8 Å². The second kappa shape index (κ2) is 10.8. The second-order valence-corrected chi connectivity index (χ2v) is 7.79. The lowest BCUT2D eigenvalue weighted by molar-refractivity contribution is -0.189. The maximum atomic E-state index is 13.2. The van der Waals surface area contributed by atoms with E-state index in [1.54, 1.807) is 24.4 Å². The molecule has 1 atom stereocenters. The molecule has 9 heteroatoms. The van der Waals surface area contributed by atoms with E-state index in [9.17, 15) is 22.8 Å². The van der Waals surface area contributed by atoms with E-state index in [1.165, 1.54) is 11.3 Å². The standard InChI is InChI=1S/C19H27F3N2O3S/c1-2-27-12-7-11-24(18(26)19(20,21)22)16(15-10-6-13-28-15)17(25)23-14-8-4-3-5-9-14/h6,10,13-14,16H,2-5,7-9,11-12H2,1H3,(H,23,25)/t16-/m0/s1. The molecule has 2 amide bonds. The first-order chi connectivity index (χ1) is 13.3. The number of hydrogen-bond acceptors (Lipinski definition) is 4. The van der Waals surface area contributed by atoms with Crippen molar-refractivity contribution in [3.63, 3.8) is 0 Å². The molecule has 0 aliphatic heterocycles. The van der Waals surface area contributed by atoms with E-state index < -0.39 is 24.0 Å². The molecule has 0 aromatic carbocycles. The van der Waals surface area contributed by atoms with Crippen molar-refractivity contribution in [2.45, 2.75) is 63.7 Å². The molecule has 0 unspecified atom stereocenters. The van der Waals surface area contributed by atoms with Crippen molar-refractivity contribution in [3.8, 4) is 0 Å². The topological polar surface area (TPSA) is 58.6 Å². The Morgan fingerprint density at radius 3 is 2.61 bits per heavy atom. The molecule has 0 saturated heterocycles. The fourth-order valence-corrected chi connectivity index (χ4v) is 4.22. The minimum Gasteiger partial charge on any atom is -0.382 e. The first-order valence-corrected chi connectivity index (χ1v) is 10.5. The van der Waals surface area contributed by atoms with Gasteiger partial charge in [-0.15, -0.1) is 11.3 Å². The number of ether oxygens (including phenoxy) is 1. The number of alkyl halides is 3. The summed E-state index contributed by atoms with van der Waals surface area (Å²) in [7, 11) is 0. The molecule has 1 saturated carbocycles. The first kappa shape index (κ1) is 22.7. The molecule has 5 nitrogen and oxygen atoms in total. The molecule has 2 rings (SSSR count).